The van der Waals surface area contributed by atoms with Gasteiger partial charge in [0.1, 0.15) is 17.4 Å². The maximum atomic E-state index is 13.5. The Bertz CT molecular complexity index is 447. The van der Waals surface area contributed by atoms with Crippen LogP contribution in [0.5, 0.6) is 0 Å². The fraction of sp³-hybridized carbons (Fsp3) is 0.0909. The molecule has 1 aromatic heterocycles. The molecular formula is C11H8F2O. The zero-order chi connectivity index (χ0) is 10.1. The van der Waals surface area contributed by atoms with Gasteiger partial charge < -0.3 is 4.42 Å². The fourth-order valence-corrected chi connectivity index (χ4v) is 1.30. The second-order valence-electron chi connectivity index (χ2n) is 3.03. The molecule has 14 heavy (non-hydrogen) atoms. The van der Waals surface area contributed by atoms with E-state index in [-0.39, 0.29) is 11.3 Å². The van der Waals surface area contributed by atoms with Gasteiger partial charge in [-0.1, -0.05) is 6.07 Å². The minimum Gasteiger partial charge on any atom is -0.464 e. The van der Waals surface area contributed by atoms with Gasteiger partial charge in [0.05, 0.1) is 11.8 Å². The molecule has 72 valence electrons. The van der Waals surface area contributed by atoms with Crippen molar-refractivity contribution in [3.05, 3.63) is 47.7 Å². The van der Waals surface area contributed by atoms with Crippen LogP contribution in [-0.2, 0) is 0 Å². The van der Waals surface area contributed by atoms with Crippen molar-refractivity contribution in [1.29, 1.82) is 0 Å². The molecule has 0 radical (unpaired) electrons. The Kier molecular flexibility index (Phi) is 2.08. The van der Waals surface area contributed by atoms with Gasteiger partial charge in [0, 0.05) is 0 Å². The van der Waals surface area contributed by atoms with Crippen LogP contribution in [0.4, 0.5) is 8.78 Å². The number of furan rings is 1. The number of aryl methyl sites for hydroxylation is 1. The van der Waals surface area contributed by atoms with Gasteiger partial charge in [0.2, 0.25) is 0 Å². The van der Waals surface area contributed by atoms with Crippen LogP contribution in [0, 0.1) is 18.6 Å². The second kappa shape index (κ2) is 3.25. The predicted molar refractivity (Wildman–Crippen MR) is 48.8 cm³/mol. The summed E-state index contributed by atoms with van der Waals surface area (Å²) in [6.45, 7) is 1.58. The molecule has 0 N–H and O–H groups in total. The molecule has 1 aromatic carbocycles. The fourth-order valence-electron chi connectivity index (χ4n) is 1.30. The van der Waals surface area contributed by atoms with Crippen LogP contribution in [0.3, 0.4) is 0 Å². The number of rotatable bonds is 1. The summed E-state index contributed by atoms with van der Waals surface area (Å²) in [5.74, 6) is -0.966. The zero-order valence-electron chi connectivity index (χ0n) is 7.55. The largest absolute Gasteiger partial charge is 0.464 e. The van der Waals surface area contributed by atoms with E-state index in [4.69, 9.17) is 4.42 Å². The Morgan fingerprint density at radius 1 is 1.14 bits per heavy atom. The van der Waals surface area contributed by atoms with E-state index < -0.39 is 11.6 Å². The maximum Gasteiger partial charge on any atom is 0.140 e. The molecule has 0 saturated heterocycles. The average Bonchev–Trinajstić information content (AvgIpc) is 2.65. The summed E-state index contributed by atoms with van der Waals surface area (Å²) in [4.78, 5) is 0. The van der Waals surface area contributed by atoms with Crippen molar-refractivity contribution < 1.29 is 13.2 Å². The van der Waals surface area contributed by atoms with Crippen LogP contribution in [-0.4, -0.2) is 0 Å². The van der Waals surface area contributed by atoms with Crippen molar-refractivity contribution in [3.63, 3.8) is 0 Å². The zero-order valence-corrected chi connectivity index (χ0v) is 7.55. The highest BCUT2D eigenvalue weighted by molar-refractivity contribution is 5.60. The Morgan fingerprint density at radius 3 is 2.57 bits per heavy atom. The molecule has 1 nitrogen and oxygen atoms in total. The Hall–Kier alpha value is -1.64. The van der Waals surface area contributed by atoms with Crippen molar-refractivity contribution in [1.82, 2.24) is 0 Å². The van der Waals surface area contributed by atoms with Gasteiger partial charge in [-0.15, -0.1) is 0 Å². The third kappa shape index (κ3) is 1.31. The van der Waals surface area contributed by atoms with Gasteiger partial charge in [0.15, 0.2) is 0 Å². The summed E-state index contributed by atoms with van der Waals surface area (Å²) in [5, 5.41) is 0. The molecule has 0 fully saturated rings. The standard InChI is InChI=1S/C11H8F2O/c1-7-4-5-8(12)10(11(7)13)9-3-2-6-14-9/h2-6H,1H3. The third-order valence-corrected chi connectivity index (χ3v) is 2.05. The van der Waals surface area contributed by atoms with E-state index >= 15 is 0 Å². The summed E-state index contributed by atoms with van der Waals surface area (Å²) in [5.41, 5.74) is 0.299. The van der Waals surface area contributed by atoms with E-state index in [2.05, 4.69) is 0 Å². The van der Waals surface area contributed by atoms with E-state index in [1.165, 1.54) is 24.5 Å². The molecule has 0 spiro atoms. The molecule has 3 heteroatoms. The molecule has 0 bridgehead atoms. The monoisotopic (exact) mass is 194 g/mol. The summed E-state index contributed by atoms with van der Waals surface area (Å²) in [7, 11) is 0. The Balaban J connectivity index is 2.69. The molecule has 0 aliphatic rings. The summed E-state index contributed by atoms with van der Waals surface area (Å²) in [6, 6.07) is 5.75. The Labute approximate surface area is 80.0 Å². The molecule has 0 aliphatic heterocycles. The van der Waals surface area contributed by atoms with Crippen LogP contribution in [0.15, 0.2) is 34.9 Å². The summed E-state index contributed by atoms with van der Waals surface area (Å²) < 4.78 is 31.8. The van der Waals surface area contributed by atoms with Crippen molar-refractivity contribution in [2.45, 2.75) is 6.92 Å². The van der Waals surface area contributed by atoms with Crippen molar-refractivity contribution in [2.24, 2.45) is 0 Å². The van der Waals surface area contributed by atoms with Gasteiger partial charge in [-0.25, -0.2) is 8.78 Å². The Morgan fingerprint density at radius 2 is 1.93 bits per heavy atom. The molecule has 0 amide bonds. The lowest BCUT2D eigenvalue weighted by atomic mass is 10.1. The van der Waals surface area contributed by atoms with Gasteiger partial charge in [-0.05, 0) is 30.7 Å². The average molecular weight is 194 g/mol. The minimum absolute atomic E-state index is 0.102. The predicted octanol–water partition coefficient (Wildman–Crippen LogP) is 3.53. The van der Waals surface area contributed by atoms with Gasteiger partial charge in [-0.2, -0.15) is 0 Å². The third-order valence-electron chi connectivity index (χ3n) is 2.05. The van der Waals surface area contributed by atoms with Gasteiger partial charge >= 0.3 is 0 Å². The maximum absolute atomic E-state index is 13.5. The van der Waals surface area contributed by atoms with Gasteiger partial charge in [-0.3, -0.25) is 0 Å². The summed E-state index contributed by atoms with van der Waals surface area (Å²) >= 11 is 0. The van der Waals surface area contributed by atoms with E-state index in [0.29, 0.717) is 5.56 Å². The normalized spacial score (nSPS) is 10.5. The van der Waals surface area contributed by atoms with Crippen molar-refractivity contribution in [3.8, 4) is 11.3 Å². The quantitative estimate of drug-likeness (QED) is 0.676. The lowest BCUT2D eigenvalue weighted by Gasteiger charge is -2.03. The first-order valence-corrected chi connectivity index (χ1v) is 4.18. The highest BCUT2D eigenvalue weighted by Gasteiger charge is 2.15. The number of benzene rings is 1. The smallest absolute Gasteiger partial charge is 0.140 e. The molecule has 2 rings (SSSR count). The van der Waals surface area contributed by atoms with E-state index in [1.54, 1.807) is 13.0 Å². The molecule has 0 unspecified atom stereocenters. The van der Waals surface area contributed by atoms with Crippen LogP contribution in [0.1, 0.15) is 5.56 Å². The lowest BCUT2D eigenvalue weighted by molar-refractivity contribution is 0.545. The molecule has 0 atom stereocenters. The highest BCUT2D eigenvalue weighted by atomic mass is 19.1. The van der Waals surface area contributed by atoms with E-state index in [0.717, 1.165) is 0 Å². The molecule has 2 aromatic rings. The SMILES string of the molecule is Cc1ccc(F)c(-c2ccco2)c1F. The van der Waals surface area contributed by atoms with Crippen LogP contribution < -0.4 is 0 Å². The minimum atomic E-state index is -0.608. The van der Waals surface area contributed by atoms with Gasteiger partial charge in [0.25, 0.3) is 0 Å². The van der Waals surface area contributed by atoms with Crippen molar-refractivity contribution >= 4 is 0 Å². The van der Waals surface area contributed by atoms with E-state index in [1.807, 2.05) is 0 Å². The molecular weight excluding hydrogens is 186 g/mol. The first-order valence-electron chi connectivity index (χ1n) is 4.18. The number of hydrogen-bond acceptors (Lipinski definition) is 1. The van der Waals surface area contributed by atoms with Crippen LogP contribution >= 0.6 is 0 Å². The highest BCUT2D eigenvalue weighted by Crippen LogP contribution is 2.27. The lowest BCUT2D eigenvalue weighted by Crippen LogP contribution is -1.91. The molecule has 1 heterocycles. The second-order valence-corrected chi connectivity index (χ2v) is 3.03. The first kappa shape index (κ1) is 8.94. The molecule has 0 aliphatic carbocycles. The molecule has 0 saturated carbocycles. The topological polar surface area (TPSA) is 13.1 Å². The van der Waals surface area contributed by atoms with Crippen LogP contribution in [0.2, 0.25) is 0 Å². The van der Waals surface area contributed by atoms with Crippen LogP contribution in [0.25, 0.3) is 11.3 Å². The van der Waals surface area contributed by atoms with E-state index in [9.17, 15) is 8.78 Å². The number of halogens is 2. The first-order chi connectivity index (χ1) is 6.70. The number of hydrogen-bond donors (Lipinski definition) is 0. The summed E-state index contributed by atoms with van der Waals surface area (Å²) in [6.07, 6.45) is 1.39. The van der Waals surface area contributed by atoms with Crippen molar-refractivity contribution in [2.75, 3.05) is 0 Å².